The summed E-state index contributed by atoms with van der Waals surface area (Å²) in [5.74, 6) is 0.479. The molecular weight excluding hydrogens is 564 g/mol. The Balaban J connectivity index is 2.37. The highest BCUT2D eigenvalue weighted by Gasteiger charge is 2.13. The zero-order valence-corrected chi connectivity index (χ0v) is 24.0. The summed E-state index contributed by atoms with van der Waals surface area (Å²) in [6.07, 6.45) is 14.1. The summed E-state index contributed by atoms with van der Waals surface area (Å²) in [5.41, 5.74) is 0. The first-order valence-corrected chi connectivity index (χ1v) is 14.3. The van der Waals surface area contributed by atoms with Gasteiger partial charge in [-0.05, 0) is 56.8 Å². The van der Waals surface area contributed by atoms with Crippen LogP contribution in [-0.4, -0.2) is 38.1 Å². The number of unbranched alkanes of at least 4 members (excludes halogenated alkanes) is 10. The largest absolute Gasteiger partial charge is 0.480 e. The maximum atomic E-state index is 12.1. The first-order valence-electron chi connectivity index (χ1n) is 12.8. The second kappa shape index (κ2) is 20.0. The van der Waals surface area contributed by atoms with Crippen LogP contribution in [0.5, 0.6) is 11.5 Å². The van der Waals surface area contributed by atoms with Crippen molar-refractivity contribution in [1.82, 2.24) is 10.6 Å². The second-order valence-electron chi connectivity index (χ2n) is 8.53. The normalized spacial score (nSPS) is 10.7. The fourth-order valence-corrected chi connectivity index (χ4v) is 4.04. The molecule has 0 saturated carbocycles. The number of benzene rings is 1. The third kappa shape index (κ3) is 14.9. The Morgan fingerprint density at radius 1 is 0.647 bits per heavy atom. The third-order valence-corrected chi connectivity index (χ3v) is 7.25. The molecule has 34 heavy (non-hydrogen) atoms. The summed E-state index contributed by atoms with van der Waals surface area (Å²) in [4.78, 5) is 24.3. The Morgan fingerprint density at radius 2 is 1.00 bits per heavy atom. The lowest BCUT2D eigenvalue weighted by Crippen LogP contribution is -2.30. The smallest absolute Gasteiger partial charge is 0.257 e. The number of nitrogens with one attached hydrogen (secondary N) is 2. The molecule has 1 aromatic rings. The highest BCUT2D eigenvalue weighted by molar-refractivity contribution is 9.13. The molecule has 8 heteroatoms. The van der Waals surface area contributed by atoms with Crippen molar-refractivity contribution < 1.29 is 19.1 Å². The molecule has 0 aliphatic carbocycles. The van der Waals surface area contributed by atoms with Crippen LogP contribution < -0.4 is 20.1 Å². The van der Waals surface area contributed by atoms with Crippen LogP contribution >= 0.6 is 31.9 Å². The Labute approximate surface area is 222 Å². The second-order valence-corrected chi connectivity index (χ2v) is 10.2. The number of amides is 2. The van der Waals surface area contributed by atoms with Gasteiger partial charge < -0.3 is 20.1 Å². The molecule has 1 aromatic carbocycles. The van der Waals surface area contributed by atoms with E-state index in [1.54, 1.807) is 12.1 Å². The zero-order valence-electron chi connectivity index (χ0n) is 20.9. The highest BCUT2D eigenvalue weighted by Crippen LogP contribution is 2.36. The molecule has 0 radical (unpaired) electrons. The van der Waals surface area contributed by atoms with Gasteiger partial charge in [-0.1, -0.05) is 78.1 Å². The van der Waals surface area contributed by atoms with Gasteiger partial charge in [-0.2, -0.15) is 0 Å². The standard InChI is InChI=1S/C26H42Br2N2O4/c1-3-5-7-9-11-13-15-29-25(31)19-33-23-17-21(27)22(28)18-24(23)34-20-26(32)30-16-14-12-10-8-6-4-2/h17-18H,3-16,19-20H2,1-2H3,(H,29,31)(H,30,32). The predicted molar refractivity (Wildman–Crippen MR) is 146 cm³/mol. The molecule has 2 amide bonds. The van der Waals surface area contributed by atoms with Gasteiger partial charge >= 0.3 is 0 Å². The molecule has 0 aliphatic rings. The minimum atomic E-state index is -0.171. The Bertz CT molecular complexity index is 657. The summed E-state index contributed by atoms with van der Waals surface area (Å²) < 4.78 is 13.0. The van der Waals surface area contributed by atoms with Gasteiger partial charge in [0.15, 0.2) is 24.7 Å². The van der Waals surface area contributed by atoms with Gasteiger partial charge in [-0.3, -0.25) is 9.59 Å². The number of halogens is 2. The first kappa shape index (κ1) is 30.8. The average Bonchev–Trinajstić information content (AvgIpc) is 2.82. The van der Waals surface area contributed by atoms with Crippen molar-refractivity contribution in [1.29, 1.82) is 0 Å². The first-order chi connectivity index (χ1) is 16.5. The lowest BCUT2D eigenvalue weighted by molar-refractivity contribution is -0.124. The van der Waals surface area contributed by atoms with Gasteiger partial charge in [0.1, 0.15) is 0 Å². The van der Waals surface area contributed by atoms with Gasteiger partial charge in [0.25, 0.3) is 11.8 Å². The Kier molecular flexibility index (Phi) is 18.1. The van der Waals surface area contributed by atoms with Crippen molar-refractivity contribution >= 4 is 43.7 Å². The lowest BCUT2D eigenvalue weighted by Gasteiger charge is -2.14. The molecule has 0 fully saturated rings. The van der Waals surface area contributed by atoms with Crippen LogP contribution in [0.3, 0.4) is 0 Å². The van der Waals surface area contributed by atoms with Gasteiger partial charge in [0.05, 0.1) is 0 Å². The quantitative estimate of drug-likeness (QED) is 0.158. The van der Waals surface area contributed by atoms with Crippen molar-refractivity contribution in [2.45, 2.75) is 90.9 Å². The van der Waals surface area contributed by atoms with E-state index in [1.165, 1.54) is 51.4 Å². The maximum absolute atomic E-state index is 12.1. The van der Waals surface area contributed by atoms with E-state index in [-0.39, 0.29) is 25.0 Å². The molecule has 0 atom stereocenters. The van der Waals surface area contributed by atoms with E-state index in [0.717, 1.165) is 34.6 Å². The molecule has 2 N–H and O–H groups in total. The molecule has 0 bridgehead atoms. The average molecular weight is 606 g/mol. The van der Waals surface area contributed by atoms with Crippen LogP contribution in [0.25, 0.3) is 0 Å². The van der Waals surface area contributed by atoms with Gasteiger partial charge in [0.2, 0.25) is 0 Å². The molecule has 0 spiro atoms. The number of hydrogen-bond acceptors (Lipinski definition) is 4. The van der Waals surface area contributed by atoms with E-state index in [1.807, 2.05) is 0 Å². The SMILES string of the molecule is CCCCCCCCNC(=O)COc1cc(Br)c(Br)cc1OCC(=O)NCCCCCCCC. The van der Waals surface area contributed by atoms with Crippen LogP contribution in [-0.2, 0) is 9.59 Å². The molecule has 0 aromatic heterocycles. The lowest BCUT2D eigenvalue weighted by atomic mass is 10.1. The third-order valence-electron chi connectivity index (χ3n) is 5.41. The molecule has 0 saturated heterocycles. The van der Waals surface area contributed by atoms with Gasteiger partial charge in [-0.15, -0.1) is 0 Å². The topological polar surface area (TPSA) is 76.7 Å². The van der Waals surface area contributed by atoms with E-state index in [2.05, 4.69) is 56.3 Å². The fraction of sp³-hybridized carbons (Fsp3) is 0.692. The predicted octanol–water partition coefficient (Wildman–Crippen LogP) is 6.92. The monoisotopic (exact) mass is 604 g/mol. The van der Waals surface area contributed by atoms with Crippen LogP contribution in [0.2, 0.25) is 0 Å². The van der Waals surface area contributed by atoms with E-state index >= 15 is 0 Å². The minimum absolute atomic E-state index is 0.107. The number of carbonyl (C=O) groups is 2. The summed E-state index contributed by atoms with van der Waals surface area (Å²) in [6.45, 7) is 5.50. The molecule has 1 rings (SSSR count). The van der Waals surface area contributed by atoms with Gasteiger partial charge in [-0.25, -0.2) is 0 Å². The Morgan fingerprint density at radius 3 is 1.38 bits per heavy atom. The van der Waals surface area contributed by atoms with Crippen molar-refractivity contribution in [3.8, 4) is 11.5 Å². The van der Waals surface area contributed by atoms with E-state index in [0.29, 0.717) is 24.6 Å². The summed E-state index contributed by atoms with van der Waals surface area (Å²) in [5, 5.41) is 5.79. The molecule has 0 unspecified atom stereocenters. The number of ether oxygens (including phenoxy) is 2. The van der Waals surface area contributed by atoms with Crippen molar-refractivity contribution in [2.24, 2.45) is 0 Å². The van der Waals surface area contributed by atoms with Crippen LogP contribution in [0.15, 0.2) is 21.1 Å². The molecular formula is C26H42Br2N2O4. The van der Waals surface area contributed by atoms with E-state index in [9.17, 15) is 9.59 Å². The summed E-state index contributed by atoms with van der Waals surface area (Å²) in [7, 11) is 0. The van der Waals surface area contributed by atoms with Crippen molar-refractivity contribution in [2.75, 3.05) is 26.3 Å². The molecule has 194 valence electrons. The maximum Gasteiger partial charge on any atom is 0.257 e. The summed E-state index contributed by atoms with van der Waals surface area (Å²) >= 11 is 6.89. The molecule has 0 heterocycles. The number of hydrogen-bond donors (Lipinski definition) is 2. The van der Waals surface area contributed by atoms with Crippen LogP contribution in [0.1, 0.15) is 90.9 Å². The molecule has 6 nitrogen and oxygen atoms in total. The minimum Gasteiger partial charge on any atom is -0.480 e. The number of carbonyl (C=O) groups excluding carboxylic acids is 2. The zero-order chi connectivity index (χ0) is 25.0. The number of rotatable bonds is 20. The van der Waals surface area contributed by atoms with Crippen molar-refractivity contribution in [3.05, 3.63) is 21.1 Å². The summed E-state index contributed by atoms with van der Waals surface area (Å²) in [6, 6.07) is 3.46. The fourth-order valence-electron chi connectivity index (χ4n) is 3.39. The van der Waals surface area contributed by atoms with E-state index in [4.69, 9.17) is 9.47 Å². The van der Waals surface area contributed by atoms with E-state index < -0.39 is 0 Å². The van der Waals surface area contributed by atoms with Crippen LogP contribution in [0, 0.1) is 0 Å². The van der Waals surface area contributed by atoms with Crippen molar-refractivity contribution in [3.63, 3.8) is 0 Å². The Hall–Kier alpha value is -1.28. The highest BCUT2D eigenvalue weighted by atomic mass is 79.9. The van der Waals surface area contributed by atoms with Crippen LogP contribution in [0.4, 0.5) is 0 Å². The van der Waals surface area contributed by atoms with Gasteiger partial charge in [0, 0.05) is 22.0 Å². The molecule has 0 aliphatic heterocycles.